The number of aromatic nitrogens is 1. The molecule has 0 fully saturated rings. The van der Waals surface area contributed by atoms with Gasteiger partial charge in [0.2, 0.25) is 0 Å². The van der Waals surface area contributed by atoms with E-state index < -0.39 is 18.4 Å². The molecule has 1 aromatic heterocycles. The molecule has 1 aromatic rings. The monoisotopic (exact) mass is 285 g/mol. The summed E-state index contributed by atoms with van der Waals surface area (Å²) in [4.78, 5) is 22.4. The van der Waals surface area contributed by atoms with Crippen LogP contribution in [0, 0.1) is 0 Å². The maximum atomic E-state index is 11.1. The number of pyridine rings is 1. The summed E-state index contributed by atoms with van der Waals surface area (Å²) in [5.41, 5.74) is 0.601. The average molecular weight is 284 g/mol. The van der Waals surface area contributed by atoms with Crippen molar-refractivity contribution >= 4 is 27.9 Å². The van der Waals surface area contributed by atoms with E-state index in [1.54, 1.807) is 13.0 Å². The van der Waals surface area contributed by atoms with Gasteiger partial charge >= 0.3 is 83.3 Å². The van der Waals surface area contributed by atoms with Gasteiger partial charge in [0.15, 0.2) is 0 Å². The number of carbonyl (C=O) groups is 1. The number of carbonyl (C=O) groups excluding carboxylic acids is 1. The van der Waals surface area contributed by atoms with Gasteiger partial charge in [-0.15, -0.1) is 0 Å². The molecule has 0 aliphatic heterocycles. The predicted molar refractivity (Wildman–Crippen MR) is 57.2 cm³/mol. The van der Waals surface area contributed by atoms with Gasteiger partial charge in [-0.2, -0.15) is 0 Å². The van der Waals surface area contributed by atoms with E-state index in [4.69, 9.17) is 0 Å². The molecule has 0 spiro atoms. The number of ketones is 1. The molecule has 2 nitrogen and oxygen atoms in total. The van der Waals surface area contributed by atoms with Gasteiger partial charge in [0.05, 0.1) is 0 Å². The Kier molecular flexibility index (Phi) is 3.11. The fraction of sp³-hybridized carbons (Fsp3) is 0.400. The van der Waals surface area contributed by atoms with E-state index >= 15 is 0 Å². The maximum absolute atomic E-state index is 11.1. The molecule has 0 N–H and O–H groups in total. The van der Waals surface area contributed by atoms with Crippen molar-refractivity contribution in [3.63, 3.8) is 0 Å². The van der Waals surface area contributed by atoms with Crippen LogP contribution in [0.4, 0.5) is 0 Å². The summed E-state index contributed by atoms with van der Waals surface area (Å²) in [7, 11) is 0. The summed E-state index contributed by atoms with van der Waals surface area (Å²) in [5, 5.41) is 0. The Bertz CT molecular complexity index is 328. The summed E-state index contributed by atoms with van der Waals surface area (Å²) >= 11 is -2.08. The Hall–Kier alpha value is -0.381. The van der Waals surface area contributed by atoms with Crippen molar-refractivity contribution in [3.05, 3.63) is 23.9 Å². The van der Waals surface area contributed by atoms with Crippen LogP contribution in [0.2, 0.25) is 14.8 Å². The molecule has 0 unspecified atom stereocenters. The van der Waals surface area contributed by atoms with Crippen LogP contribution in [0.3, 0.4) is 0 Å². The first kappa shape index (κ1) is 10.7. The molecule has 1 heterocycles. The van der Waals surface area contributed by atoms with Crippen molar-refractivity contribution in [1.82, 2.24) is 4.98 Å². The molecule has 0 aromatic carbocycles. The summed E-state index contributed by atoms with van der Waals surface area (Å²) in [6, 6.07) is 5.76. The number of hydrogen-bond donors (Lipinski definition) is 0. The molecule has 70 valence electrons. The van der Waals surface area contributed by atoms with Crippen molar-refractivity contribution in [2.75, 3.05) is 0 Å². The first-order chi connectivity index (χ1) is 5.91. The molecule has 0 amide bonds. The third kappa shape index (κ3) is 2.79. The van der Waals surface area contributed by atoms with Gasteiger partial charge in [-0.05, 0) is 0 Å². The van der Waals surface area contributed by atoms with Crippen molar-refractivity contribution in [3.8, 4) is 0 Å². The number of rotatable bonds is 2. The number of Topliss-reactive ketones (excluding diaryl/α,β-unsaturated/α-hetero) is 1. The van der Waals surface area contributed by atoms with E-state index in [9.17, 15) is 4.79 Å². The van der Waals surface area contributed by atoms with Crippen LogP contribution in [0.1, 0.15) is 17.4 Å². The van der Waals surface area contributed by atoms with Crippen LogP contribution < -0.4 is 3.71 Å². The summed E-state index contributed by atoms with van der Waals surface area (Å²) in [6.07, 6.45) is 0. The molecular weight excluding hydrogens is 269 g/mol. The molecule has 0 saturated carbocycles. The Morgan fingerprint density at radius 1 is 1.31 bits per heavy atom. The van der Waals surface area contributed by atoms with Gasteiger partial charge < -0.3 is 0 Å². The van der Waals surface area contributed by atoms with Gasteiger partial charge in [-0.25, -0.2) is 0 Å². The minimum atomic E-state index is -2.08. The second-order valence-electron chi connectivity index (χ2n) is 4.21. The molecule has 3 heteroatoms. The molecule has 13 heavy (non-hydrogen) atoms. The average Bonchev–Trinajstić information content (AvgIpc) is 2.03. The number of nitrogens with zero attached hydrogens (tertiary/aromatic N) is 1. The fourth-order valence-electron chi connectivity index (χ4n) is 1.05. The first-order valence-corrected chi connectivity index (χ1v) is 14.4. The zero-order chi connectivity index (χ0) is 10.1. The second kappa shape index (κ2) is 3.78. The van der Waals surface area contributed by atoms with Gasteiger partial charge in [-0.3, -0.25) is 0 Å². The molecule has 0 bridgehead atoms. The van der Waals surface area contributed by atoms with E-state index in [0.29, 0.717) is 5.69 Å². The van der Waals surface area contributed by atoms with E-state index in [1.807, 2.05) is 12.1 Å². The molecule has 0 saturated heterocycles. The molecule has 0 aliphatic rings. The normalized spacial score (nSPS) is 11.4. The summed E-state index contributed by atoms with van der Waals surface area (Å²) < 4.78 is 1.17. The van der Waals surface area contributed by atoms with E-state index in [2.05, 4.69) is 19.8 Å². The van der Waals surface area contributed by atoms with E-state index in [-0.39, 0.29) is 5.78 Å². The Morgan fingerprint density at radius 2 is 1.92 bits per heavy atom. The molecule has 0 atom stereocenters. The molecule has 0 aliphatic carbocycles. The third-order valence-corrected chi connectivity index (χ3v) is 7.06. The Balaban J connectivity index is 3.13. The number of hydrogen-bond acceptors (Lipinski definition) is 2. The SMILES string of the molecule is CC(=O)c1ccc[c]([Sn]([CH3])([CH3])[CH3])n1. The van der Waals surface area contributed by atoms with Crippen LogP contribution in [0.25, 0.3) is 0 Å². The van der Waals surface area contributed by atoms with Gasteiger partial charge in [0.25, 0.3) is 0 Å². The summed E-state index contributed by atoms with van der Waals surface area (Å²) in [5.74, 6) is 0.0531. The standard InChI is InChI=1S/C7H6NO.3CH3.Sn/c1-6(9)7-4-2-3-5-8-7;;;;/h2-4H,1H3;3*1H3;. The second-order valence-corrected chi connectivity index (χ2v) is 18.5. The van der Waals surface area contributed by atoms with Crippen molar-refractivity contribution < 1.29 is 4.79 Å². The van der Waals surface area contributed by atoms with E-state index in [0.717, 1.165) is 0 Å². The zero-order valence-corrected chi connectivity index (χ0v) is 11.4. The van der Waals surface area contributed by atoms with Crippen LogP contribution in [-0.2, 0) is 0 Å². The van der Waals surface area contributed by atoms with Gasteiger partial charge in [0.1, 0.15) is 0 Å². The van der Waals surface area contributed by atoms with Crippen LogP contribution in [-0.4, -0.2) is 29.1 Å². The van der Waals surface area contributed by atoms with Crippen molar-refractivity contribution in [2.45, 2.75) is 21.7 Å². The predicted octanol–water partition coefficient (Wildman–Crippen LogP) is 1.83. The molecule has 0 radical (unpaired) electrons. The molecular formula is C10H15NOSn. The van der Waals surface area contributed by atoms with Crippen LogP contribution >= 0.6 is 0 Å². The van der Waals surface area contributed by atoms with Crippen molar-refractivity contribution in [1.29, 1.82) is 0 Å². The zero-order valence-electron chi connectivity index (χ0n) is 8.59. The Morgan fingerprint density at radius 3 is 2.38 bits per heavy atom. The Labute approximate surface area is 83.3 Å². The van der Waals surface area contributed by atoms with Crippen molar-refractivity contribution in [2.24, 2.45) is 0 Å². The first-order valence-electron chi connectivity index (χ1n) is 4.40. The van der Waals surface area contributed by atoms with Gasteiger partial charge in [-0.1, -0.05) is 0 Å². The molecule has 1 rings (SSSR count). The topological polar surface area (TPSA) is 30.0 Å². The third-order valence-electron chi connectivity index (χ3n) is 1.88. The fourth-order valence-corrected chi connectivity index (χ4v) is 4.05. The van der Waals surface area contributed by atoms with Crippen LogP contribution in [0.5, 0.6) is 0 Å². The van der Waals surface area contributed by atoms with E-state index in [1.165, 1.54) is 3.71 Å². The summed E-state index contributed by atoms with van der Waals surface area (Å²) in [6.45, 7) is 1.56. The van der Waals surface area contributed by atoms with Crippen LogP contribution in [0.15, 0.2) is 18.2 Å². The minimum absolute atomic E-state index is 0.0531. The quantitative estimate of drug-likeness (QED) is 0.612. The van der Waals surface area contributed by atoms with Gasteiger partial charge in [0, 0.05) is 0 Å².